The quantitative estimate of drug-likeness (QED) is 0.846. The standard InChI is InChI=1S/C11H7Cl2N5/c1-18(8-4-2-7(6-14)3-5-8)11-16-9(12)15-10(13)17-11/h2-5H,1H3. The maximum absolute atomic E-state index is 8.73. The summed E-state index contributed by atoms with van der Waals surface area (Å²) in [5, 5.41) is 8.79. The minimum absolute atomic E-state index is 0.0329. The second-order valence-electron chi connectivity index (χ2n) is 3.39. The van der Waals surface area contributed by atoms with E-state index in [-0.39, 0.29) is 10.6 Å². The van der Waals surface area contributed by atoms with Gasteiger partial charge < -0.3 is 4.90 Å². The molecule has 0 amide bonds. The van der Waals surface area contributed by atoms with Crippen molar-refractivity contribution in [1.29, 1.82) is 5.26 Å². The molecule has 2 rings (SSSR count). The van der Waals surface area contributed by atoms with Gasteiger partial charge >= 0.3 is 0 Å². The Kier molecular flexibility index (Phi) is 3.60. The van der Waals surface area contributed by atoms with Crippen molar-refractivity contribution in [2.75, 3.05) is 11.9 Å². The molecule has 0 fully saturated rings. The summed E-state index contributed by atoms with van der Waals surface area (Å²) in [6.07, 6.45) is 0. The summed E-state index contributed by atoms with van der Waals surface area (Å²) < 4.78 is 0. The molecule has 0 saturated carbocycles. The molecule has 0 aliphatic rings. The Morgan fingerprint density at radius 1 is 1.06 bits per heavy atom. The lowest BCUT2D eigenvalue weighted by Gasteiger charge is -2.16. The van der Waals surface area contributed by atoms with Gasteiger partial charge in [0.15, 0.2) is 0 Å². The van der Waals surface area contributed by atoms with Gasteiger partial charge in [0.05, 0.1) is 11.6 Å². The highest BCUT2D eigenvalue weighted by atomic mass is 35.5. The average Bonchev–Trinajstić information content (AvgIpc) is 2.37. The van der Waals surface area contributed by atoms with E-state index >= 15 is 0 Å². The first kappa shape index (κ1) is 12.6. The molecular formula is C11H7Cl2N5. The molecule has 1 aromatic carbocycles. The molecule has 90 valence electrons. The highest BCUT2D eigenvalue weighted by Gasteiger charge is 2.10. The molecule has 0 spiro atoms. The zero-order valence-electron chi connectivity index (χ0n) is 9.30. The van der Waals surface area contributed by atoms with Gasteiger partial charge in [0.25, 0.3) is 0 Å². The van der Waals surface area contributed by atoms with Crippen LogP contribution in [0.3, 0.4) is 0 Å². The summed E-state index contributed by atoms with van der Waals surface area (Å²) in [5.74, 6) is 0.338. The minimum Gasteiger partial charge on any atom is -0.313 e. The molecule has 7 heteroatoms. The summed E-state index contributed by atoms with van der Waals surface area (Å²) in [7, 11) is 1.77. The molecule has 0 atom stereocenters. The van der Waals surface area contributed by atoms with Gasteiger partial charge in [-0.25, -0.2) is 0 Å². The normalized spacial score (nSPS) is 9.89. The van der Waals surface area contributed by atoms with Crippen LogP contribution in [0.25, 0.3) is 0 Å². The Morgan fingerprint density at radius 3 is 2.11 bits per heavy atom. The van der Waals surface area contributed by atoms with Gasteiger partial charge in [0.2, 0.25) is 16.5 Å². The van der Waals surface area contributed by atoms with E-state index in [1.54, 1.807) is 36.2 Å². The first-order valence-corrected chi connectivity index (χ1v) is 5.66. The van der Waals surface area contributed by atoms with Crippen LogP contribution in [0.5, 0.6) is 0 Å². The smallest absolute Gasteiger partial charge is 0.235 e. The molecule has 0 saturated heterocycles. The van der Waals surface area contributed by atoms with Crippen molar-refractivity contribution in [2.24, 2.45) is 0 Å². The lowest BCUT2D eigenvalue weighted by molar-refractivity contribution is 0.985. The highest BCUT2D eigenvalue weighted by molar-refractivity contribution is 6.31. The molecule has 0 aliphatic carbocycles. The van der Waals surface area contributed by atoms with Gasteiger partial charge in [-0.15, -0.1) is 0 Å². The Balaban J connectivity index is 2.35. The summed E-state index contributed by atoms with van der Waals surface area (Å²) in [6.45, 7) is 0. The monoisotopic (exact) mass is 279 g/mol. The summed E-state index contributed by atoms with van der Waals surface area (Å²) in [6, 6.07) is 9.02. The maximum Gasteiger partial charge on any atom is 0.235 e. The van der Waals surface area contributed by atoms with E-state index in [9.17, 15) is 0 Å². The Bertz CT molecular complexity index is 586. The predicted octanol–water partition coefficient (Wildman–Crippen LogP) is 2.82. The SMILES string of the molecule is CN(c1ccc(C#N)cc1)c1nc(Cl)nc(Cl)n1. The van der Waals surface area contributed by atoms with Crippen LogP contribution < -0.4 is 4.90 Å². The van der Waals surface area contributed by atoms with Crippen molar-refractivity contribution in [1.82, 2.24) is 15.0 Å². The minimum atomic E-state index is 0.0329. The Morgan fingerprint density at radius 2 is 1.61 bits per heavy atom. The number of benzene rings is 1. The number of hydrogen-bond donors (Lipinski definition) is 0. The molecule has 0 aliphatic heterocycles. The van der Waals surface area contributed by atoms with Gasteiger partial charge in [0.1, 0.15) is 0 Å². The van der Waals surface area contributed by atoms with E-state index in [0.29, 0.717) is 11.5 Å². The molecule has 0 bridgehead atoms. The van der Waals surface area contributed by atoms with Crippen molar-refractivity contribution in [3.8, 4) is 6.07 Å². The van der Waals surface area contributed by atoms with Crippen molar-refractivity contribution in [2.45, 2.75) is 0 Å². The van der Waals surface area contributed by atoms with Gasteiger partial charge in [-0.05, 0) is 47.5 Å². The second-order valence-corrected chi connectivity index (χ2v) is 4.07. The lowest BCUT2D eigenvalue weighted by Crippen LogP contribution is -2.13. The first-order valence-electron chi connectivity index (χ1n) is 4.91. The van der Waals surface area contributed by atoms with Crippen molar-refractivity contribution in [3.63, 3.8) is 0 Å². The fourth-order valence-corrected chi connectivity index (χ4v) is 1.70. The van der Waals surface area contributed by atoms with Crippen LogP contribution in [-0.2, 0) is 0 Å². The van der Waals surface area contributed by atoms with Gasteiger partial charge in [-0.2, -0.15) is 20.2 Å². The fraction of sp³-hybridized carbons (Fsp3) is 0.0909. The van der Waals surface area contributed by atoms with Crippen LogP contribution >= 0.6 is 23.2 Å². The van der Waals surface area contributed by atoms with E-state index < -0.39 is 0 Å². The molecule has 0 radical (unpaired) electrons. The van der Waals surface area contributed by atoms with Crippen molar-refractivity contribution in [3.05, 3.63) is 40.4 Å². The Labute approximate surface area is 114 Å². The number of nitrogens with zero attached hydrogens (tertiary/aromatic N) is 5. The molecule has 18 heavy (non-hydrogen) atoms. The van der Waals surface area contributed by atoms with E-state index in [1.165, 1.54) is 0 Å². The molecule has 1 aromatic heterocycles. The molecule has 0 N–H and O–H groups in total. The van der Waals surface area contributed by atoms with E-state index in [1.807, 2.05) is 6.07 Å². The third-order valence-corrected chi connectivity index (χ3v) is 2.59. The first-order chi connectivity index (χ1) is 8.60. The van der Waals surface area contributed by atoms with Crippen molar-refractivity contribution >= 4 is 34.8 Å². The number of hydrogen-bond acceptors (Lipinski definition) is 5. The molecular weight excluding hydrogens is 273 g/mol. The van der Waals surface area contributed by atoms with Crippen LogP contribution in [0.4, 0.5) is 11.6 Å². The van der Waals surface area contributed by atoms with Crippen LogP contribution in [-0.4, -0.2) is 22.0 Å². The number of anilines is 2. The van der Waals surface area contributed by atoms with E-state index in [0.717, 1.165) is 5.69 Å². The lowest BCUT2D eigenvalue weighted by atomic mass is 10.2. The number of aromatic nitrogens is 3. The van der Waals surface area contributed by atoms with Crippen LogP contribution in [0.15, 0.2) is 24.3 Å². The van der Waals surface area contributed by atoms with Crippen LogP contribution in [0.2, 0.25) is 10.6 Å². The predicted molar refractivity (Wildman–Crippen MR) is 69.1 cm³/mol. The van der Waals surface area contributed by atoms with Crippen molar-refractivity contribution < 1.29 is 0 Å². The van der Waals surface area contributed by atoms with E-state index in [2.05, 4.69) is 15.0 Å². The molecule has 0 unspecified atom stereocenters. The average molecular weight is 280 g/mol. The largest absolute Gasteiger partial charge is 0.313 e. The zero-order valence-corrected chi connectivity index (χ0v) is 10.8. The van der Waals surface area contributed by atoms with E-state index in [4.69, 9.17) is 28.5 Å². The fourth-order valence-electron chi connectivity index (χ4n) is 1.34. The van der Waals surface area contributed by atoms with Gasteiger partial charge in [-0.3, -0.25) is 0 Å². The number of nitriles is 1. The van der Waals surface area contributed by atoms with Gasteiger partial charge in [-0.1, -0.05) is 0 Å². The summed E-state index contributed by atoms with van der Waals surface area (Å²) >= 11 is 11.4. The van der Waals surface area contributed by atoms with Gasteiger partial charge in [0, 0.05) is 12.7 Å². The third-order valence-electron chi connectivity index (χ3n) is 2.25. The second kappa shape index (κ2) is 5.17. The third kappa shape index (κ3) is 2.67. The topological polar surface area (TPSA) is 65.7 Å². The molecule has 2 aromatic rings. The summed E-state index contributed by atoms with van der Waals surface area (Å²) in [4.78, 5) is 13.3. The maximum atomic E-state index is 8.73. The molecule has 1 heterocycles. The number of halogens is 2. The summed E-state index contributed by atoms with van der Waals surface area (Å²) in [5.41, 5.74) is 1.39. The van der Waals surface area contributed by atoms with Crippen LogP contribution in [0, 0.1) is 11.3 Å². The zero-order chi connectivity index (χ0) is 13.1. The van der Waals surface area contributed by atoms with Crippen LogP contribution in [0.1, 0.15) is 5.56 Å². The highest BCUT2D eigenvalue weighted by Crippen LogP contribution is 2.22. The Hall–Kier alpha value is -1.90. The molecule has 5 nitrogen and oxygen atoms in total. The number of rotatable bonds is 2.